The summed E-state index contributed by atoms with van der Waals surface area (Å²) in [4.78, 5) is 16.7. The summed E-state index contributed by atoms with van der Waals surface area (Å²) in [6.07, 6.45) is 5.43. The van der Waals surface area contributed by atoms with E-state index in [1.165, 1.54) is 5.56 Å². The van der Waals surface area contributed by atoms with Crippen LogP contribution in [-0.2, 0) is 5.41 Å². The fraction of sp³-hybridized carbons (Fsp3) is 0.375. The average Bonchev–Trinajstić information content (AvgIpc) is 3.32. The van der Waals surface area contributed by atoms with E-state index in [-0.39, 0.29) is 24.2 Å². The Kier molecular flexibility index (Phi) is 6.45. The molecule has 1 amide bonds. The highest BCUT2D eigenvalue weighted by Gasteiger charge is 2.37. The number of guanidine groups is 1. The highest BCUT2D eigenvalue weighted by atomic mass is 16.7. The van der Waals surface area contributed by atoms with Crippen LogP contribution >= 0.6 is 0 Å². The van der Waals surface area contributed by atoms with Crippen LogP contribution in [0.2, 0.25) is 0 Å². The second-order valence-electron chi connectivity index (χ2n) is 8.13. The van der Waals surface area contributed by atoms with E-state index in [9.17, 15) is 4.79 Å². The summed E-state index contributed by atoms with van der Waals surface area (Å²) >= 11 is 0. The second kappa shape index (κ2) is 9.60. The van der Waals surface area contributed by atoms with Crippen LogP contribution in [0.25, 0.3) is 0 Å². The molecule has 3 N–H and O–H groups in total. The zero-order valence-corrected chi connectivity index (χ0v) is 18.1. The number of hydrogen-bond donors (Lipinski definition) is 3. The lowest BCUT2D eigenvalue weighted by Crippen LogP contribution is -2.49. The molecule has 2 aliphatic rings. The Morgan fingerprint density at radius 2 is 1.91 bits per heavy atom. The molecule has 4 rings (SSSR count). The Balaban J connectivity index is 1.46. The number of nitrogens with zero attached hydrogens (tertiary/aromatic N) is 2. The van der Waals surface area contributed by atoms with Crippen molar-refractivity contribution in [2.24, 2.45) is 4.99 Å². The summed E-state index contributed by atoms with van der Waals surface area (Å²) in [5, 5.41) is 18.2. The predicted molar refractivity (Wildman–Crippen MR) is 121 cm³/mol. The second-order valence-corrected chi connectivity index (χ2v) is 8.13. The smallest absolute Gasteiger partial charge is 0.251 e. The fourth-order valence-corrected chi connectivity index (χ4v) is 4.47. The Morgan fingerprint density at radius 1 is 1.16 bits per heavy atom. The molecule has 1 saturated carbocycles. The van der Waals surface area contributed by atoms with Gasteiger partial charge in [-0.25, -0.2) is 0 Å². The minimum atomic E-state index is -0.155. The van der Waals surface area contributed by atoms with Crippen molar-refractivity contribution in [1.29, 1.82) is 5.26 Å². The van der Waals surface area contributed by atoms with E-state index in [0.717, 1.165) is 25.7 Å². The molecular weight excluding hydrogens is 406 g/mol. The zero-order chi connectivity index (χ0) is 22.4. The normalized spacial score (nSPS) is 22.0. The summed E-state index contributed by atoms with van der Waals surface area (Å²) < 4.78 is 10.7. The van der Waals surface area contributed by atoms with Crippen LogP contribution < -0.4 is 25.4 Å². The lowest BCUT2D eigenvalue weighted by molar-refractivity contribution is 0.0934. The lowest BCUT2D eigenvalue weighted by atomic mass is 9.68. The summed E-state index contributed by atoms with van der Waals surface area (Å²) in [5.74, 6) is 1.62. The number of carbonyl (C=O) groups is 1. The molecule has 8 heteroatoms. The highest BCUT2D eigenvalue weighted by molar-refractivity contribution is 5.95. The number of amides is 1. The molecule has 0 radical (unpaired) electrons. The van der Waals surface area contributed by atoms with Gasteiger partial charge in [0, 0.05) is 30.6 Å². The molecule has 0 spiro atoms. The Morgan fingerprint density at radius 3 is 2.62 bits per heavy atom. The number of fused-ring (bicyclic) bond motifs is 1. The molecular formula is C24H27N5O3. The number of hydrogen-bond acceptors (Lipinski definition) is 5. The maximum atomic E-state index is 12.9. The molecule has 1 heterocycles. The standard InChI is InChI=1S/C24H27N5O3/c1-26-23(28-15-25)29-19-9-11-24(12-10-19,18-5-3-2-4-6-18)14-27-22(30)17-7-8-20-21(13-17)32-16-31-20/h2-8,13,19H,9-12,14,16H2,1H3,(H,27,30)(H2,26,28,29)/t19-,24-. The van der Waals surface area contributed by atoms with Gasteiger partial charge < -0.3 is 25.4 Å². The number of nitriles is 1. The topological polar surface area (TPSA) is 108 Å². The summed E-state index contributed by atoms with van der Waals surface area (Å²) in [6.45, 7) is 0.725. The molecule has 1 aliphatic carbocycles. The Hall–Kier alpha value is -3.73. The van der Waals surface area contributed by atoms with Crippen molar-refractivity contribution in [2.75, 3.05) is 20.4 Å². The summed E-state index contributed by atoms with van der Waals surface area (Å²) in [5.41, 5.74) is 1.63. The van der Waals surface area contributed by atoms with E-state index in [1.807, 2.05) is 24.4 Å². The predicted octanol–water partition coefficient (Wildman–Crippen LogP) is 2.67. The third-order valence-corrected chi connectivity index (χ3v) is 6.29. The van der Waals surface area contributed by atoms with Gasteiger partial charge in [-0.15, -0.1) is 4.99 Å². The van der Waals surface area contributed by atoms with Crippen molar-refractivity contribution in [1.82, 2.24) is 16.0 Å². The van der Waals surface area contributed by atoms with Gasteiger partial charge in [0.1, 0.15) is 0 Å². The number of rotatable bonds is 5. The number of aliphatic imine (C=N–C) groups is 1. The van der Waals surface area contributed by atoms with E-state index < -0.39 is 0 Å². The minimum Gasteiger partial charge on any atom is -0.454 e. The van der Waals surface area contributed by atoms with E-state index in [0.29, 0.717) is 29.6 Å². The summed E-state index contributed by atoms with van der Waals surface area (Å²) in [7, 11) is 1.74. The quantitative estimate of drug-likeness (QED) is 0.380. The van der Waals surface area contributed by atoms with Crippen LogP contribution in [0.1, 0.15) is 41.6 Å². The van der Waals surface area contributed by atoms with E-state index in [1.54, 1.807) is 25.2 Å². The van der Waals surface area contributed by atoms with Gasteiger partial charge >= 0.3 is 0 Å². The van der Waals surface area contributed by atoms with Crippen molar-refractivity contribution in [3.05, 3.63) is 59.7 Å². The maximum absolute atomic E-state index is 12.9. The van der Waals surface area contributed by atoms with Crippen molar-refractivity contribution in [3.63, 3.8) is 0 Å². The van der Waals surface area contributed by atoms with E-state index >= 15 is 0 Å². The van der Waals surface area contributed by atoms with Gasteiger partial charge in [0.2, 0.25) is 18.9 Å². The fourth-order valence-electron chi connectivity index (χ4n) is 4.47. The molecule has 0 atom stereocenters. The molecule has 0 aromatic heterocycles. The number of nitrogens with one attached hydrogen (secondary N) is 3. The highest BCUT2D eigenvalue weighted by Crippen LogP contribution is 2.39. The molecule has 1 fully saturated rings. The monoisotopic (exact) mass is 433 g/mol. The Bertz CT molecular complexity index is 1020. The Labute approximate surface area is 187 Å². The minimum absolute atomic E-state index is 0.127. The molecule has 1 aliphatic heterocycles. The van der Waals surface area contributed by atoms with Crippen LogP contribution in [0.4, 0.5) is 0 Å². The first-order chi connectivity index (χ1) is 15.6. The van der Waals surface area contributed by atoms with Crippen LogP contribution in [0.5, 0.6) is 11.5 Å². The van der Waals surface area contributed by atoms with E-state index in [4.69, 9.17) is 14.7 Å². The molecule has 32 heavy (non-hydrogen) atoms. The molecule has 0 saturated heterocycles. The maximum Gasteiger partial charge on any atom is 0.251 e. The van der Waals surface area contributed by atoms with Gasteiger partial charge in [0.05, 0.1) is 0 Å². The van der Waals surface area contributed by atoms with Crippen molar-refractivity contribution in [3.8, 4) is 17.7 Å². The first-order valence-corrected chi connectivity index (χ1v) is 10.8. The number of ether oxygens (including phenoxy) is 2. The molecule has 2 aromatic carbocycles. The van der Waals surface area contributed by atoms with E-state index in [2.05, 4.69) is 33.1 Å². The van der Waals surface area contributed by atoms with Crippen molar-refractivity contribution >= 4 is 11.9 Å². The van der Waals surface area contributed by atoms with Crippen LogP contribution in [0.15, 0.2) is 53.5 Å². The SMILES string of the molecule is CN/C(=N\C#N)N[C@H]1CC[C@](CNC(=O)c2ccc3c(c2)OCO3)(c2ccccc2)CC1. The lowest BCUT2D eigenvalue weighted by Gasteiger charge is -2.41. The molecule has 0 unspecified atom stereocenters. The first kappa shape index (κ1) is 21.5. The van der Waals surface area contributed by atoms with Gasteiger partial charge in [-0.05, 0) is 49.4 Å². The van der Waals surface area contributed by atoms with Crippen molar-refractivity contribution in [2.45, 2.75) is 37.1 Å². The molecule has 8 nitrogen and oxygen atoms in total. The number of carbonyl (C=O) groups excluding carboxylic acids is 1. The first-order valence-electron chi connectivity index (χ1n) is 10.8. The number of benzene rings is 2. The van der Waals surface area contributed by atoms with Crippen LogP contribution in [0.3, 0.4) is 0 Å². The van der Waals surface area contributed by atoms with Crippen LogP contribution in [-0.4, -0.2) is 38.3 Å². The zero-order valence-electron chi connectivity index (χ0n) is 18.1. The third kappa shape index (κ3) is 4.62. The molecule has 0 bridgehead atoms. The third-order valence-electron chi connectivity index (χ3n) is 6.29. The molecule has 166 valence electrons. The summed E-state index contributed by atoms with van der Waals surface area (Å²) in [6, 6.07) is 15.8. The van der Waals surface area contributed by atoms with Gasteiger partial charge in [-0.1, -0.05) is 30.3 Å². The van der Waals surface area contributed by atoms with Gasteiger partial charge in [0.25, 0.3) is 5.91 Å². The van der Waals surface area contributed by atoms with Gasteiger partial charge in [0.15, 0.2) is 11.5 Å². The molecule has 2 aromatic rings. The average molecular weight is 434 g/mol. The van der Waals surface area contributed by atoms with Crippen LogP contribution in [0, 0.1) is 11.5 Å². The largest absolute Gasteiger partial charge is 0.454 e. The van der Waals surface area contributed by atoms with Gasteiger partial charge in [-0.2, -0.15) is 5.26 Å². The van der Waals surface area contributed by atoms with Gasteiger partial charge in [-0.3, -0.25) is 4.79 Å². The van der Waals surface area contributed by atoms with Crippen molar-refractivity contribution < 1.29 is 14.3 Å².